The molecule has 0 spiro atoms. The van der Waals surface area contributed by atoms with E-state index in [-0.39, 0.29) is 5.91 Å². The maximum absolute atomic E-state index is 12.5. The summed E-state index contributed by atoms with van der Waals surface area (Å²) in [5.41, 5.74) is 8.18. The van der Waals surface area contributed by atoms with Gasteiger partial charge in [-0.3, -0.25) is 4.79 Å². The van der Waals surface area contributed by atoms with Gasteiger partial charge < -0.3 is 4.57 Å². The molecule has 0 bridgehead atoms. The zero-order valence-corrected chi connectivity index (χ0v) is 18.4. The Balaban J connectivity index is 1.48. The SMILES string of the molecule is Cc1cc(/C=N\NC(=O)c2cc3c(s2)CC[C@@H](C)C3)c(C)n1-c1ccc(Cl)cc1. The summed E-state index contributed by atoms with van der Waals surface area (Å²) in [5, 5.41) is 4.92. The molecule has 6 heteroatoms. The van der Waals surface area contributed by atoms with Crippen molar-refractivity contribution in [1.82, 2.24) is 9.99 Å². The van der Waals surface area contributed by atoms with E-state index in [2.05, 4.69) is 35.0 Å². The number of carbonyl (C=O) groups is 1. The summed E-state index contributed by atoms with van der Waals surface area (Å²) >= 11 is 7.60. The Kier molecular flexibility index (Phi) is 5.61. The number of rotatable bonds is 4. The van der Waals surface area contributed by atoms with Gasteiger partial charge in [0.25, 0.3) is 5.91 Å². The minimum Gasteiger partial charge on any atom is -0.318 e. The summed E-state index contributed by atoms with van der Waals surface area (Å²) < 4.78 is 2.15. The van der Waals surface area contributed by atoms with Crippen molar-refractivity contribution < 1.29 is 4.79 Å². The maximum Gasteiger partial charge on any atom is 0.281 e. The molecule has 29 heavy (non-hydrogen) atoms. The van der Waals surface area contributed by atoms with Crippen molar-refractivity contribution in [1.29, 1.82) is 0 Å². The maximum atomic E-state index is 12.5. The molecule has 1 amide bonds. The van der Waals surface area contributed by atoms with Crippen molar-refractivity contribution in [3.05, 3.63) is 73.7 Å². The van der Waals surface area contributed by atoms with Crippen molar-refractivity contribution in [2.24, 2.45) is 11.0 Å². The van der Waals surface area contributed by atoms with E-state index in [1.807, 2.05) is 37.3 Å². The van der Waals surface area contributed by atoms with Crippen LogP contribution in [-0.2, 0) is 12.8 Å². The van der Waals surface area contributed by atoms with Crippen molar-refractivity contribution in [2.75, 3.05) is 0 Å². The number of thiophene rings is 1. The molecule has 1 aliphatic carbocycles. The van der Waals surface area contributed by atoms with Crippen LogP contribution in [0.4, 0.5) is 0 Å². The van der Waals surface area contributed by atoms with Crippen LogP contribution in [-0.4, -0.2) is 16.7 Å². The van der Waals surface area contributed by atoms with Gasteiger partial charge in [0.2, 0.25) is 0 Å². The molecule has 1 atom stereocenters. The second-order valence-corrected chi connectivity index (χ2v) is 9.32. The summed E-state index contributed by atoms with van der Waals surface area (Å²) in [6.45, 7) is 6.36. The van der Waals surface area contributed by atoms with Crippen LogP contribution in [0.25, 0.3) is 5.69 Å². The Morgan fingerprint density at radius 1 is 1.28 bits per heavy atom. The lowest BCUT2D eigenvalue weighted by atomic mass is 9.90. The van der Waals surface area contributed by atoms with Gasteiger partial charge in [0.15, 0.2) is 0 Å². The van der Waals surface area contributed by atoms with Crippen LogP contribution in [0.1, 0.15) is 50.4 Å². The number of nitrogens with one attached hydrogen (secondary N) is 1. The molecule has 0 saturated carbocycles. The molecule has 4 nitrogen and oxygen atoms in total. The van der Waals surface area contributed by atoms with Crippen molar-refractivity contribution in [3.8, 4) is 5.69 Å². The summed E-state index contributed by atoms with van der Waals surface area (Å²) in [5.74, 6) is 0.557. The van der Waals surface area contributed by atoms with E-state index in [0.29, 0.717) is 10.9 Å². The number of halogens is 1. The normalized spacial score (nSPS) is 16.2. The molecule has 150 valence electrons. The zero-order chi connectivity index (χ0) is 20.5. The third-order valence-electron chi connectivity index (χ3n) is 5.48. The smallest absolute Gasteiger partial charge is 0.281 e. The number of benzene rings is 1. The molecule has 2 aromatic heterocycles. The highest BCUT2D eigenvalue weighted by Crippen LogP contribution is 2.32. The molecule has 1 aliphatic rings. The fourth-order valence-corrected chi connectivity index (χ4v) is 5.16. The monoisotopic (exact) mass is 425 g/mol. The van der Waals surface area contributed by atoms with E-state index in [0.717, 1.165) is 40.4 Å². The summed E-state index contributed by atoms with van der Waals surface area (Å²) in [6.07, 6.45) is 5.06. The van der Waals surface area contributed by atoms with Gasteiger partial charge in [0, 0.05) is 32.5 Å². The predicted molar refractivity (Wildman–Crippen MR) is 121 cm³/mol. The lowest BCUT2D eigenvalue weighted by molar-refractivity contribution is 0.0959. The summed E-state index contributed by atoms with van der Waals surface area (Å²) in [7, 11) is 0. The molecule has 1 N–H and O–H groups in total. The average Bonchev–Trinajstić information content (AvgIpc) is 3.23. The first kappa shape index (κ1) is 19.9. The lowest BCUT2D eigenvalue weighted by Gasteiger charge is -2.16. The first-order valence-corrected chi connectivity index (χ1v) is 11.0. The quantitative estimate of drug-likeness (QED) is 0.423. The lowest BCUT2D eigenvalue weighted by Crippen LogP contribution is -2.16. The molecule has 1 aromatic carbocycles. The van der Waals surface area contributed by atoms with Crippen LogP contribution < -0.4 is 5.43 Å². The minimum atomic E-state index is -0.139. The molecule has 0 unspecified atom stereocenters. The van der Waals surface area contributed by atoms with Crippen molar-refractivity contribution in [2.45, 2.75) is 40.0 Å². The van der Waals surface area contributed by atoms with Gasteiger partial charge in [0.05, 0.1) is 11.1 Å². The number of hydrazone groups is 1. The van der Waals surface area contributed by atoms with Crippen molar-refractivity contribution in [3.63, 3.8) is 0 Å². The third kappa shape index (κ3) is 4.16. The number of fused-ring (bicyclic) bond motifs is 1. The summed E-state index contributed by atoms with van der Waals surface area (Å²) in [4.78, 5) is 14.6. The highest BCUT2D eigenvalue weighted by molar-refractivity contribution is 7.14. The molecule has 0 radical (unpaired) electrons. The Labute approximate surface area is 180 Å². The first-order valence-electron chi connectivity index (χ1n) is 9.82. The molecule has 4 rings (SSSR count). The molecular formula is C23H24ClN3OS. The largest absolute Gasteiger partial charge is 0.318 e. The number of nitrogens with zero attached hydrogens (tertiary/aromatic N) is 2. The number of hydrogen-bond acceptors (Lipinski definition) is 3. The number of aryl methyl sites for hydroxylation is 2. The fraction of sp³-hybridized carbons (Fsp3) is 0.304. The molecule has 0 aliphatic heterocycles. The van der Waals surface area contributed by atoms with Crippen LogP contribution in [0.5, 0.6) is 0 Å². The van der Waals surface area contributed by atoms with Gasteiger partial charge in [-0.15, -0.1) is 11.3 Å². The van der Waals surface area contributed by atoms with E-state index < -0.39 is 0 Å². The topological polar surface area (TPSA) is 46.4 Å². The van der Waals surface area contributed by atoms with Crippen LogP contribution >= 0.6 is 22.9 Å². The molecule has 0 fully saturated rings. The molecule has 0 saturated heterocycles. The van der Waals surface area contributed by atoms with Gasteiger partial charge in [-0.05, 0) is 81.0 Å². The van der Waals surface area contributed by atoms with Crippen LogP contribution in [0.15, 0.2) is 41.5 Å². The number of carbonyl (C=O) groups excluding carboxylic acids is 1. The highest BCUT2D eigenvalue weighted by Gasteiger charge is 2.20. The predicted octanol–water partition coefficient (Wildman–Crippen LogP) is 5.70. The van der Waals surface area contributed by atoms with E-state index >= 15 is 0 Å². The van der Waals surface area contributed by atoms with E-state index in [1.165, 1.54) is 16.9 Å². The molecule has 3 aromatic rings. The van der Waals surface area contributed by atoms with Crippen LogP contribution in [0.3, 0.4) is 0 Å². The van der Waals surface area contributed by atoms with Gasteiger partial charge >= 0.3 is 0 Å². The Morgan fingerprint density at radius 3 is 2.79 bits per heavy atom. The fourth-order valence-electron chi connectivity index (χ4n) is 3.94. The average molecular weight is 426 g/mol. The van der Waals surface area contributed by atoms with Gasteiger partial charge in [0.1, 0.15) is 0 Å². The highest BCUT2D eigenvalue weighted by atomic mass is 35.5. The minimum absolute atomic E-state index is 0.139. The number of aromatic nitrogens is 1. The van der Waals surface area contributed by atoms with Crippen LogP contribution in [0.2, 0.25) is 5.02 Å². The van der Waals surface area contributed by atoms with E-state index in [1.54, 1.807) is 17.6 Å². The molecule has 2 heterocycles. The Hall–Kier alpha value is -2.37. The van der Waals surface area contributed by atoms with Crippen LogP contribution in [0, 0.1) is 19.8 Å². The Bertz CT molecular complexity index is 1080. The zero-order valence-electron chi connectivity index (χ0n) is 16.8. The van der Waals surface area contributed by atoms with Gasteiger partial charge in [-0.2, -0.15) is 5.10 Å². The number of hydrogen-bond donors (Lipinski definition) is 1. The Morgan fingerprint density at radius 2 is 2.03 bits per heavy atom. The van der Waals surface area contributed by atoms with E-state index in [9.17, 15) is 4.79 Å². The standard InChI is InChI=1S/C23H24ClN3OS/c1-14-4-9-21-17(10-14)12-22(29-21)23(28)26-25-13-18-11-15(2)27(16(18)3)20-7-5-19(24)6-8-20/h5-8,11-14H,4,9-10H2,1-3H3,(H,26,28)/b25-13-/t14-/m1/s1. The van der Waals surface area contributed by atoms with E-state index in [4.69, 9.17) is 11.6 Å². The van der Waals surface area contributed by atoms with Crippen molar-refractivity contribution >= 4 is 35.1 Å². The van der Waals surface area contributed by atoms with Gasteiger partial charge in [-0.25, -0.2) is 5.43 Å². The second-order valence-electron chi connectivity index (χ2n) is 7.74. The van der Waals surface area contributed by atoms with Gasteiger partial charge in [-0.1, -0.05) is 18.5 Å². The second kappa shape index (κ2) is 8.17. The summed E-state index contributed by atoms with van der Waals surface area (Å²) in [6, 6.07) is 11.8. The third-order valence-corrected chi connectivity index (χ3v) is 6.97. The molecular weight excluding hydrogens is 402 g/mol. The first-order chi connectivity index (χ1) is 13.9. The number of amides is 1.